The van der Waals surface area contributed by atoms with Crippen LogP contribution in [0.15, 0.2) is 12.7 Å². The summed E-state index contributed by atoms with van der Waals surface area (Å²) in [5.74, 6) is 0.640. The van der Waals surface area contributed by atoms with E-state index in [0.717, 1.165) is 0 Å². The van der Waals surface area contributed by atoms with Crippen molar-refractivity contribution in [3.63, 3.8) is 0 Å². The third kappa shape index (κ3) is 8.21. The maximum absolute atomic E-state index is 3.97. The predicted octanol–water partition coefficient (Wildman–Crippen LogP) is 8.81. The highest BCUT2D eigenvalue weighted by molar-refractivity contribution is 4.92. The molecule has 0 aromatic heterocycles. The molecular formula is C24H48. The van der Waals surface area contributed by atoms with Gasteiger partial charge in [0.1, 0.15) is 0 Å². The molecule has 2 atom stereocenters. The van der Waals surface area contributed by atoms with Gasteiger partial charge in [0.15, 0.2) is 0 Å². The summed E-state index contributed by atoms with van der Waals surface area (Å²) in [6.45, 7) is 23.5. The molecule has 0 aliphatic heterocycles. The SMILES string of the molecule is C=CC(C)CCC(C)(C)C(C)(CCCC)CCC(C)(C)CCCC. The Balaban J connectivity index is 4.99. The molecule has 0 heterocycles. The van der Waals surface area contributed by atoms with Gasteiger partial charge in [-0.05, 0) is 60.7 Å². The molecule has 0 saturated carbocycles. The molecule has 2 unspecified atom stereocenters. The van der Waals surface area contributed by atoms with Crippen LogP contribution < -0.4 is 0 Å². The summed E-state index contributed by atoms with van der Waals surface area (Å²) in [6, 6.07) is 0. The monoisotopic (exact) mass is 336 g/mol. The van der Waals surface area contributed by atoms with Gasteiger partial charge in [0.05, 0.1) is 0 Å². The van der Waals surface area contributed by atoms with Gasteiger partial charge in [-0.15, -0.1) is 6.58 Å². The largest absolute Gasteiger partial charge is 0.103 e. The summed E-state index contributed by atoms with van der Waals surface area (Å²) in [6.07, 6.45) is 15.6. The van der Waals surface area contributed by atoms with E-state index in [1.165, 1.54) is 64.2 Å². The fourth-order valence-electron chi connectivity index (χ4n) is 3.77. The van der Waals surface area contributed by atoms with Crippen molar-refractivity contribution >= 4 is 0 Å². The Morgan fingerprint density at radius 1 is 0.792 bits per heavy atom. The molecule has 0 aromatic rings. The van der Waals surface area contributed by atoms with Crippen LogP contribution in [0, 0.1) is 22.2 Å². The van der Waals surface area contributed by atoms with Crippen molar-refractivity contribution in [2.24, 2.45) is 22.2 Å². The molecule has 0 N–H and O–H groups in total. The molecule has 144 valence electrons. The summed E-state index contributed by atoms with van der Waals surface area (Å²) < 4.78 is 0. The minimum Gasteiger partial charge on any atom is -0.103 e. The second-order valence-electron chi connectivity index (χ2n) is 10.1. The van der Waals surface area contributed by atoms with Crippen LogP contribution in [0.2, 0.25) is 0 Å². The lowest BCUT2D eigenvalue weighted by atomic mass is 9.58. The highest BCUT2D eigenvalue weighted by Crippen LogP contribution is 2.51. The maximum atomic E-state index is 3.97. The van der Waals surface area contributed by atoms with Gasteiger partial charge in [0.25, 0.3) is 0 Å². The van der Waals surface area contributed by atoms with Crippen LogP contribution in [0.3, 0.4) is 0 Å². The summed E-state index contributed by atoms with van der Waals surface area (Å²) >= 11 is 0. The Labute approximate surface area is 154 Å². The molecule has 0 fully saturated rings. The minimum atomic E-state index is 0.403. The van der Waals surface area contributed by atoms with Crippen molar-refractivity contribution in [1.82, 2.24) is 0 Å². The zero-order valence-electron chi connectivity index (χ0n) is 18.4. The molecule has 0 bridgehead atoms. The molecule has 24 heavy (non-hydrogen) atoms. The molecule has 0 aliphatic rings. The zero-order valence-corrected chi connectivity index (χ0v) is 18.4. The standard InChI is InChI=1S/C24H48/c1-10-13-16-22(5,6)19-20-24(9,17-14-11-2)23(7,8)18-15-21(4)12-3/h12,21H,3,10-11,13-20H2,1-2,4-9H3. The summed E-state index contributed by atoms with van der Waals surface area (Å²) in [5.41, 5.74) is 1.35. The number of rotatable bonds is 14. The fraction of sp³-hybridized carbons (Fsp3) is 0.917. The smallest absolute Gasteiger partial charge is 0.0264 e. The summed E-state index contributed by atoms with van der Waals surface area (Å²) in [4.78, 5) is 0. The lowest BCUT2D eigenvalue weighted by molar-refractivity contribution is 0.0365. The van der Waals surface area contributed by atoms with Crippen LogP contribution >= 0.6 is 0 Å². The van der Waals surface area contributed by atoms with E-state index < -0.39 is 0 Å². The maximum Gasteiger partial charge on any atom is -0.0264 e. The van der Waals surface area contributed by atoms with Crippen molar-refractivity contribution in [1.29, 1.82) is 0 Å². The molecule has 0 saturated heterocycles. The molecule has 0 spiro atoms. The van der Waals surface area contributed by atoms with E-state index in [-0.39, 0.29) is 0 Å². The van der Waals surface area contributed by atoms with Crippen molar-refractivity contribution in [3.8, 4) is 0 Å². The van der Waals surface area contributed by atoms with Gasteiger partial charge >= 0.3 is 0 Å². The Morgan fingerprint density at radius 2 is 1.33 bits per heavy atom. The summed E-state index contributed by atoms with van der Waals surface area (Å²) in [7, 11) is 0. The van der Waals surface area contributed by atoms with Gasteiger partial charge in [-0.25, -0.2) is 0 Å². The second kappa shape index (κ2) is 10.7. The predicted molar refractivity (Wildman–Crippen MR) is 113 cm³/mol. The van der Waals surface area contributed by atoms with Gasteiger partial charge in [0, 0.05) is 0 Å². The molecule has 0 amide bonds. The lowest BCUT2D eigenvalue weighted by Crippen LogP contribution is -2.37. The first kappa shape index (κ1) is 23.7. The van der Waals surface area contributed by atoms with Crippen LogP contribution in [-0.2, 0) is 0 Å². The Morgan fingerprint density at radius 3 is 1.83 bits per heavy atom. The van der Waals surface area contributed by atoms with E-state index in [1.807, 2.05) is 0 Å². The van der Waals surface area contributed by atoms with Crippen molar-refractivity contribution in [2.45, 2.75) is 120 Å². The second-order valence-corrected chi connectivity index (χ2v) is 10.1. The average molecular weight is 337 g/mol. The van der Waals surface area contributed by atoms with E-state index in [9.17, 15) is 0 Å². The number of hydrogen-bond acceptors (Lipinski definition) is 0. The highest BCUT2D eigenvalue weighted by atomic mass is 14.5. The summed E-state index contributed by atoms with van der Waals surface area (Å²) in [5, 5.41) is 0. The molecule has 0 heteroatoms. The van der Waals surface area contributed by atoms with Crippen LogP contribution in [0.1, 0.15) is 120 Å². The number of allylic oxidation sites excluding steroid dienone is 1. The topological polar surface area (TPSA) is 0 Å². The minimum absolute atomic E-state index is 0.403. The first-order valence-corrected chi connectivity index (χ1v) is 10.7. The number of hydrogen-bond donors (Lipinski definition) is 0. The molecule has 0 radical (unpaired) electrons. The van der Waals surface area contributed by atoms with Crippen LogP contribution in [0.5, 0.6) is 0 Å². The quantitative estimate of drug-likeness (QED) is 0.278. The van der Waals surface area contributed by atoms with Crippen LogP contribution in [0.25, 0.3) is 0 Å². The van der Waals surface area contributed by atoms with E-state index in [4.69, 9.17) is 0 Å². The first-order valence-electron chi connectivity index (χ1n) is 10.7. The molecule has 0 rings (SSSR count). The lowest BCUT2D eigenvalue weighted by Gasteiger charge is -2.47. The Bertz CT molecular complexity index is 336. The molecule has 0 nitrogen and oxygen atoms in total. The normalized spacial score (nSPS) is 16.7. The first-order chi connectivity index (χ1) is 11.0. The average Bonchev–Trinajstić information content (AvgIpc) is 2.54. The van der Waals surface area contributed by atoms with Crippen molar-refractivity contribution in [2.75, 3.05) is 0 Å². The van der Waals surface area contributed by atoms with Crippen molar-refractivity contribution < 1.29 is 0 Å². The third-order valence-corrected chi connectivity index (χ3v) is 6.90. The number of unbranched alkanes of at least 4 members (excludes halogenated alkanes) is 2. The van der Waals surface area contributed by atoms with Gasteiger partial charge in [0.2, 0.25) is 0 Å². The van der Waals surface area contributed by atoms with E-state index in [1.54, 1.807) is 0 Å². The van der Waals surface area contributed by atoms with Crippen LogP contribution in [0.4, 0.5) is 0 Å². The Kier molecular flexibility index (Phi) is 10.6. The Hall–Kier alpha value is -0.260. The van der Waals surface area contributed by atoms with Gasteiger partial charge in [-0.1, -0.05) is 87.1 Å². The van der Waals surface area contributed by atoms with Gasteiger partial charge in [-0.3, -0.25) is 0 Å². The highest BCUT2D eigenvalue weighted by Gasteiger charge is 2.40. The van der Waals surface area contributed by atoms with Gasteiger partial charge < -0.3 is 0 Å². The molecule has 0 aromatic carbocycles. The molecule has 0 aliphatic carbocycles. The molecular weight excluding hydrogens is 288 g/mol. The van der Waals surface area contributed by atoms with Crippen LogP contribution in [-0.4, -0.2) is 0 Å². The zero-order chi connectivity index (χ0) is 18.9. The van der Waals surface area contributed by atoms with Crippen molar-refractivity contribution in [3.05, 3.63) is 12.7 Å². The van der Waals surface area contributed by atoms with E-state index >= 15 is 0 Å². The fourth-order valence-corrected chi connectivity index (χ4v) is 3.77. The van der Waals surface area contributed by atoms with E-state index in [0.29, 0.717) is 22.2 Å². The van der Waals surface area contributed by atoms with Gasteiger partial charge in [-0.2, -0.15) is 0 Å². The van der Waals surface area contributed by atoms with E-state index in [2.05, 4.69) is 68.0 Å². The third-order valence-electron chi connectivity index (χ3n) is 6.90.